The van der Waals surface area contributed by atoms with Gasteiger partial charge >= 0.3 is 7.69 Å². The summed E-state index contributed by atoms with van der Waals surface area (Å²) in [5, 5.41) is 16.6. The minimum Gasteiger partial charge on any atom is -0.429 e. The zero-order valence-corrected chi connectivity index (χ0v) is 9.46. The van der Waals surface area contributed by atoms with Crippen LogP contribution in [0.4, 0.5) is 5.69 Å². The Morgan fingerprint density at radius 1 is 0.938 bits per heavy atom. The number of benzene rings is 2. The van der Waals surface area contributed by atoms with Gasteiger partial charge in [-0.15, -0.1) is 0 Å². The van der Waals surface area contributed by atoms with Gasteiger partial charge in [-0.2, -0.15) is 0 Å². The molecule has 0 saturated carbocycles. The molecule has 0 spiro atoms. The van der Waals surface area contributed by atoms with E-state index in [2.05, 4.69) is 61.5 Å². The molecule has 0 bridgehead atoms. The van der Waals surface area contributed by atoms with Gasteiger partial charge in [-0.3, -0.25) is 0 Å². The molecule has 2 N–H and O–H groups in total. The molecule has 0 aliphatic heterocycles. The van der Waals surface area contributed by atoms with E-state index < -0.39 is 0 Å². The van der Waals surface area contributed by atoms with Crippen LogP contribution in [0.15, 0.2) is 42.5 Å². The Balaban J connectivity index is 0.000000386. The quantitative estimate of drug-likeness (QED) is 0.708. The fraction of sp³-hybridized carbons (Fsp3) is 0.167. The number of hydrogen-bond acceptors (Lipinski definition) is 3. The van der Waals surface area contributed by atoms with Crippen molar-refractivity contribution in [1.29, 1.82) is 0 Å². The normalized spacial score (nSPS) is 9.25. The van der Waals surface area contributed by atoms with E-state index in [1.807, 2.05) is 0 Å². The standard InChI is InChI=1S/C12H13N.BH2O2/c1-13(2)12-9-5-7-10-6-3-4-8-11(10)12;2-1-3/h3-9H,1-2H3;2-3H. The summed E-state index contributed by atoms with van der Waals surface area (Å²) in [6, 6.07) is 14.8. The third-order valence-electron chi connectivity index (χ3n) is 2.25. The molecule has 2 aromatic rings. The molecule has 0 amide bonds. The second-order valence-electron chi connectivity index (χ2n) is 3.51. The maximum atomic E-state index is 7.00. The first-order valence-electron chi connectivity index (χ1n) is 4.96. The zero-order valence-electron chi connectivity index (χ0n) is 9.46. The Kier molecular flexibility index (Phi) is 4.83. The van der Waals surface area contributed by atoms with Crippen LogP contribution in [-0.2, 0) is 0 Å². The first kappa shape index (κ1) is 12.6. The van der Waals surface area contributed by atoms with Crippen molar-refractivity contribution in [1.82, 2.24) is 0 Å². The topological polar surface area (TPSA) is 43.7 Å². The highest BCUT2D eigenvalue weighted by atomic mass is 16.4. The lowest BCUT2D eigenvalue weighted by Crippen LogP contribution is -2.08. The van der Waals surface area contributed by atoms with Gasteiger partial charge in [0, 0.05) is 25.2 Å². The van der Waals surface area contributed by atoms with E-state index in [0.29, 0.717) is 0 Å². The van der Waals surface area contributed by atoms with Crippen molar-refractivity contribution in [2.75, 3.05) is 19.0 Å². The van der Waals surface area contributed by atoms with Gasteiger partial charge in [0.1, 0.15) is 0 Å². The van der Waals surface area contributed by atoms with E-state index in [1.54, 1.807) is 0 Å². The predicted molar refractivity (Wildman–Crippen MR) is 68.5 cm³/mol. The van der Waals surface area contributed by atoms with Gasteiger partial charge in [0.25, 0.3) is 0 Å². The van der Waals surface area contributed by atoms with Crippen LogP contribution in [-0.4, -0.2) is 31.8 Å². The van der Waals surface area contributed by atoms with Crippen LogP contribution in [0.25, 0.3) is 10.8 Å². The van der Waals surface area contributed by atoms with Crippen LogP contribution in [0.5, 0.6) is 0 Å². The fourth-order valence-corrected chi connectivity index (χ4v) is 1.60. The monoisotopic (exact) mass is 216 g/mol. The lowest BCUT2D eigenvalue weighted by Gasteiger charge is -2.14. The fourth-order valence-electron chi connectivity index (χ4n) is 1.60. The van der Waals surface area contributed by atoms with E-state index in [1.165, 1.54) is 16.5 Å². The second kappa shape index (κ2) is 6.15. The number of anilines is 1. The van der Waals surface area contributed by atoms with Gasteiger partial charge in [-0.25, -0.2) is 0 Å². The average Bonchev–Trinajstić information content (AvgIpc) is 2.29. The van der Waals surface area contributed by atoms with Crippen LogP contribution in [0.2, 0.25) is 0 Å². The van der Waals surface area contributed by atoms with Gasteiger partial charge in [0.2, 0.25) is 0 Å². The molecule has 2 rings (SSSR count). The Morgan fingerprint density at radius 3 is 2.12 bits per heavy atom. The summed E-state index contributed by atoms with van der Waals surface area (Å²) in [6.07, 6.45) is 0. The van der Waals surface area contributed by atoms with Crippen LogP contribution in [0.3, 0.4) is 0 Å². The number of rotatable bonds is 1. The average molecular weight is 216 g/mol. The van der Waals surface area contributed by atoms with Crippen molar-refractivity contribution in [2.45, 2.75) is 0 Å². The van der Waals surface area contributed by atoms with Gasteiger partial charge in [-0.05, 0) is 11.5 Å². The summed E-state index contributed by atoms with van der Waals surface area (Å²) in [7, 11) is 4.14. The number of nitrogens with zero attached hydrogens (tertiary/aromatic N) is 1. The summed E-state index contributed by atoms with van der Waals surface area (Å²) in [4.78, 5) is 2.14. The second-order valence-corrected chi connectivity index (χ2v) is 3.51. The highest BCUT2D eigenvalue weighted by Crippen LogP contribution is 2.24. The first-order valence-corrected chi connectivity index (χ1v) is 4.96. The molecule has 4 heteroatoms. The predicted octanol–water partition coefficient (Wildman–Crippen LogP) is 1.41. The molecule has 1 radical (unpaired) electrons. The maximum Gasteiger partial charge on any atom is 0.482 e. The zero-order chi connectivity index (χ0) is 12.0. The molecule has 0 heterocycles. The van der Waals surface area contributed by atoms with Crippen molar-refractivity contribution in [3.05, 3.63) is 42.5 Å². The van der Waals surface area contributed by atoms with Crippen molar-refractivity contribution in [3.63, 3.8) is 0 Å². The maximum absolute atomic E-state index is 7.00. The Hall–Kier alpha value is -1.52. The lowest BCUT2D eigenvalue weighted by atomic mass is 10.1. The molecule has 0 fully saturated rings. The van der Waals surface area contributed by atoms with Gasteiger partial charge in [0.15, 0.2) is 0 Å². The molecule has 0 saturated heterocycles. The molecule has 0 aliphatic carbocycles. The minimum atomic E-state index is 0. The van der Waals surface area contributed by atoms with Gasteiger partial charge in [-0.1, -0.05) is 36.4 Å². The van der Waals surface area contributed by atoms with Crippen LogP contribution in [0, 0.1) is 0 Å². The first-order chi connectivity index (χ1) is 7.70. The molecule has 0 atom stereocenters. The lowest BCUT2D eigenvalue weighted by molar-refractivity contribution is 0.448. The summed E-state index contributed by atoms with van der Waals surface area (Å²) < 4.78 is 0. The highest BCUT2D eigenvalue weighted by Gasteiger charge is 1.99. The molecule has 0 aliphatic rings. The van der Waals surface area contributed by atoms with Gasteiger partial charge < -0.3 is 14.9 Å². The third-order valence-corrected chi connectivity index (χ3v) is 2.25. The third kappa shape index (κ3) is 2.99. The van der Waals surface area contributed by atoms with E-state index in [4.69, 9.17) is 10.0 Å². The van der Waals surface area contributed by atoms with Crippen LogP contribution in [0.1, 0.15) is 0 Å². The van der Waals surface area contributed by atoms with Crippen molar-refractivity contribution in [3.8, 4) is 0 Å². The molecular weight excluding hydrogens is 201 g/mol. The molecule has 83 valence electrons. The van der Waals surface area contributed by atoms with Gasteiger partial charge in [0.05, 0.1) is 0 Å². The Morgan fingerprint density at radius 2 is 1.50 bits per heavy atom. The molecule has 2 aromatic carbocycles. The molecule has 0 aromatic heterocycles. The smallest absolute Gasteiger partial charge is 0.429 e. The van der Waals surface area contributed by atoms with Crippen molar-refractivity contribution >= 4 is 24.1 Å². The molecule has 0 unspecified atom stereocenters. The summed E-state index contributed by atoms with van der Waals surface area (Å²) in [5.74, 6) is 0. The Bertz CT molecular complexity index is 440. The van der Waals surface area contributed by atoms with Crippen molar-refractivity contribution in [2.24, 2.45) is 0 Å². The summed E-state index contributed by atoms with van der Waals surface area (Å²) >= 11 is 0. The minimum absolute atomic E-state index is 0. The molecule has 16 heavy (non-hydrogen) atoms. The molecular formula is C12H15BNO2. The van der Waals surface area contributed by atoms with E-state index in [-0.39, 0.29) is 7.69 Å². The van der Waals surface area contributed by atoms with E-state index in [0.717, 1.165) is 0 Å². The van der Waals surface area contributed by atoms with E-state index in [9.17, 15) is 0 Å². The SMILES string of the molecule is CN(C)c1cccc2ccccc12.O[B]O. The summed E-state index contributed by atoms with van der Waals surface area (Å²) in [5.41, 5.74) is 1.28. The van der Waals surface area contributed by atoms with Crippen molar-refractivity contribution < 1.29 is 10.0 Å². The highest BCUT2D eigenvalue weighted by molar-refractivity contribution is 6.13. The van der Waals surface area contributed by atoms with Crippen LogP contribution < -0.4 is 4.90 Å². The molecule has 3 nitrogen and oxygen atoms in total. The Labute approximate surface area is 96.3 Å². The number of hydrogen-bond donors (Lipinski definition) is 2. The summed E-state index contributed by atoms with van der Waals surface area (Å²) in [6.45, 7) is 0. The largest absolute Gasteiger partial charge is 0.482 e. The van der Waals surface area contributed by atoms with E-state index >= 15 is 0 Å². The van der Waals surface area contributed by atoms with Crippen LogP contribution >= 0.6 is 0 Å². The number of fused-ring (bicyclic) bond motifs is 1.